The molecule has 1 N–H and O–H groups in total. The molecule has 0 bridgehead atoms. The zero-order valence-corrected chi connectivity index (χ0v) is 18.5. The van der Waals surface area contributed by atoms with Crippen molar-refractivity contribution in [2.45, 2.75) is 11.8 Å². The first kappa shape index (κ1) is 21.5. The molecule has 0 atom stereocenters. The van der Waals surface area contributed by atoms with E-state index >= 15 is 0 Å². The number of aryl methyl sites for hydroxylation is 1. The number of nitrogens with zero attached hydrogens (tertiary/aromatic N) is 2. The van der Waals surface area contributed by atoms with E-state index in [0.29, 0.717) is 28.7 Å². The third kappa shape index (κ3) is 3.58. The summed E-state index contributed by atoms with van der Waals surface area (Å²) in [5.41, 5.74) is 0.941. The fourth-order valence-electron chi connectivity index (χ4n) is 3.49. The molecule has 0 saturated heterocycles. The zero-order chi connectivity index (χ0) is 23.0. The van der Waals surface area contributed by atoms with Crippen LogP contribution in [0.4, 0.5) is 4.79 Å². The largest absolute Gasteiger partial charge is 0.505 e. The second kappa shape index (κ2) is 8.39. The van der Waals surface area contributed by atoms with Crippen LogP contribution in [0.5, 0.6) is 5.75 Å². The van der Waals surface area contributed by atoms with Gasteiger partial charge in [-0.25, -0.2) is 4.79 Å². The summed E-state index contributed by atoms with van der Waals surface area (Å²) < 4.78 is 6.98. The van der Waals surface area contributed by atoms with Crippen LogP contribution in [0.3, 0.4) is 0 Å². The topological polar surface area (TPSA) is 92.8 Å². The van der Waals surface area contributed by atoms with Gasteiger partial charge in [0.2, 0.25) is 0 Å². The second-order valence-electron chi connectivity index (χ2n) is 7.35. The Morgan fingerprint density at radius 1 is 1.00 bits per heavy atom. The molecule has 162 valence electrons. The van der Waals surface area contributed by atoms with Crippen molar-refractivity contribution in [2.24, 2.45) is 0 Å². The van der Waals surface area contributed by atoms with Gasteiger partial charge in [-0.3, -0.25) is 14.2 Å². The lowest BCUT2D eigenvalue weighted by atomic mass is 10.0. The Labute approximate surface area is 187 Å². The van der Waals surface area contributed by atoms with E-state index in [9.17, 15) is 19.5 Å². The van der Waals surface area contributed by atoms with Gasteiger partial charge < -0.3 is 14.4 Å². The van der Waals surface area contributed by atoms with Gasteiger partial charge in [-0.2, -0.15) is 0 Å². The molecule has 2 heterocycles. The minimum atomic E-state index is -0.880. The fourth-order valence-corrected chi connectivity index (χ4v) is 4.17. The number of aromatic nitrogens is 1. The lowest BCUT2D eigenvalue weighted by molar-refractivity contribution is 0.241. The molecule has 0 aliphatic carbocycles. The summed E-state index contributed by atoms with van der Waals surface area (Å²) in [6.45, 7) is 1.73. The van der Waals surface area contributed by atoms with E-state index in [-0.39, 0.29) is 15.9 Å². The third-order valence-corrected chi connectivity index (χ3v) is 6.12. The Kier molecular flexibility index (Phi) is 5.63. The van der Waals surface area contributed by atoms with Crippen LogP contribution >= 0.6 is 11.8 Å². The van der Waals surface area contributed by atoms with Gasteiger partial charge in [0.1, 0.15) is 10.3 Å². The molecule has 0 unspecified atom stereocenters. The van der Waals surface area contributed by atoms with Gasteiger partial charge in [0.05, 0.1) is 5.69 Å². The Morgan fingerprint density at radius 2 is 1.59 bits per heavy atom. The van der Waals surface area contributed by atoms with E-state index in [1.165, 1.54) is 23.6 Å². The Bertz CT molecular complexity index is 1440. The number of pyridine rings is 1. The Morgan fingerprint density at radius 3 is 2.19 bits per heavy atom. The standard InChI is InChI=1S/C24H20N2O5S/c1-14-18(15-10-6-4-7-11-15)26(16-12-8-5-9-13-16)22(28)17-19(27)21(23(29)31-20(14)17)32-24(30)25(2)3/h4-13,27H,1-3H3. The predicted octanol–water partition coefficient (Wildman–Crippen LogP) is 4.40. The molecule has 8 heteroatoms. The van der Waals surface area contributed by atoms with Crippen molar-refractivity contribution < 1.29 is 14.3 Å². The van der Waals surface area contributed by atoms with Crippen LogP contribution in [0.25, 0.3) is 27.9 Å². The summed E-state index contributed by atoms with van der Waals surface area (Å²) in [5, 5.41) is 10.3. The van der Waals surface area contributed by atoms with Crippen LogP contribution in [0.2, 0.25) is 0 Å². The van der Waals surface area contributed by atoms with E-state index in [2.05, 4.69) is 0 Å². The summed E-state index contributed by atoms with van der Waals surface area (Å²) in [7, 11) is 3.04. The predicted molar refractivity (Wildman–Crippen MR) is 125 cm³/mol. The maximum atomic E-state index is 13.7. The first-order valence-corrected chi connectivity index (χ1v) is 10.6. The van der Waals surface area contributed by atoms with Crippen LogP contribution in [0.15, 0.2) is 79.6 Å². The lowest BCUT2D eigenvalue weighted by Gasteiger charge is -2.18. The zero-order valence-electron chi connectivity index (χ0n) is 17.7. The van der Waals surface area contributed by atoms with E-state index in [1.807, 2.05) is 36.4 Å². The number of thioether (sulfide) groups is 1. The number of hydrogen-bond donors (Lipinski definition) is 1. The molecule has 0 radical (unpaired) electrons. The van der Waals surface area contributed by atoms with E-state index < -0.39 is 22.2 Å². The molecular weight excluding hydrogens is 428 g/mol. The second-order valence-corrected chi connectivity index (χ2v) is 8.31. The number of carbonyl (C=O) groups is 1. The van der Waals surface area contributed by atoms with Gasteiger partial charge in [-0.1, -0.05) is 48.5 Å². The van der Waals surface area contributed by atoms with Crippen LogP contribution in [-0.4, -0.2) is 33.9 Å². The summed E-state index contributed by atoms with van der Waals surface area (Å²) in [5.74, 6) is -0.561. The number of carbonyl (C=O) groups excluding carboxylic acids is 1. The average Bonchev–Trinajstić information content (AvgIpc) is 2.79. The van der Waals surface area contributed by atoms with E-state index in [0.717, 1.165) is 5.56 Å². The first-order valence-electron chi connectivity index (χ1n) is 9.76. The minimum Gasteiger partial charge on any atom is -0.505 e. The summed E-state index contributed by atoms with van der Waals surface area (Å²) >= 11 is 0.519. The van der Waals surface area contributed by atoms with Gasteiger partial charge in [0.25, 0.3) is 10.8 Å². The van der Waals surface area contributed by atoms with Crippen LogP contribution in [-0.2, 0) is 0 Å². The van der Waals surface area contributed by atoms with E-state index in [1.54, 1.807) is 31.2 Å². The van der Waals surface area contributed by atoms with Gasteiger partial charge in [-0.15, -0.1) is 0 Å². The van der Waals surface area contributed by atoms with E-state index in [4.69, 9.17) is 4.42 Å². The summed E-state index contributed by atoms with van der Waals surface area (Å²) in [4.78, 5) is 39.5. The fraction of sp³-hybridized carbons (Fsp3) is 0.125. The number of hydrogen-bond acceptors (Lipinski definition) is 6. The molecule has 0 spiro atoms. The molecule has 0 saturated carbocycles. The Balaban J connectivity index is 2.15. The van der Waals surface area contributed by atoms with Crippen molar-refractivity contribution in [3.8, 4) is 22.7 Å². The molecule has 7 nitrogen and oxygen atoms in total. The number of rotatable bonds is 3. The maximum absolute atomic E-state index is 13.7. The maximum Gasteiger partial charge on any atom is 0.354 e. The number of aromatic hydroxyl groups is 1. The molecule has 2 aromatic heterocycles. The van der Waals surface area contributed by atoms with Crippen molar-refractivity contribution in [2.75, 3.05) is 14.1 Å². The molecule has 0 aliphatic heterocycles. The molecule has 4 rings (SSSR count). The monoisotopic (exact) mass is 448 g/mol. The average molecular weight is 449 g/mol. The number of fused-ring (bicyclic) bond motifs is 1. The normalized spacial score (nSPS) is 11.0. The van der Waals surface area contributed by atoms with Crippen LogP contribution < -0.4 is 11.2 Å². The highest BCUT2D eigenvalue weighted by Crippen LogP contribution is 2.36. The Hall–Kier alpha value is -3.78. The quantitative estimate of drug-likeness (QED) is 0.467. The van der Waals surface area contributed by atoms with Crippen molar-refractivity contribution in [1.82, 2.24) is 9.47 Å². The number of para-hydroxylation sites is 1. The van der Waals surface area contributed by atoms with Crippen LogP contribution in [0.1, 0.15) is 5.56 Å². The first-order chi connectivity index (χ1) is 15.3. The lowest BCUT2D eigenvalue weighted by Crippen LogP contribution is -2.23. The van der Waals surface area contributed by atoms with Gasteiger partial charge in [-0.05, 0) is 36.4 Å². The number of benzene rings is 2. The molecule has 0 fully saturated rings. The third-order valence-electron chi connectivity index (χ3n) is 5.01. The van der Waals surface area contributed by atoms with Gasteiger partial charge in [0.15, 0.2) is 11.3 Å². The highest BCUT2D eigenvalue weighted by molar-refractivity contribution is 8.13. The van der Waals surface area contributed by atoms with Gasteiger partial charge in [0, 0.05) is 25.3 Å². The SMILES string of the molecule is Cc1c(-c2ccccc2)n(-c2ccccc2)c(=O)c2c(O)c(SC(=O)N(C)C)c(=O)oc12. The minimum absolute atomic E-state index is 0.00909. The molecular formula is C24H20N2O5S. The summed E-state index contributed by atoms with van der Waals surface area (Å²) in [6.07, 6.45) is 0. The molecule has 2 aromatic carbocycles. The van der Waals surface area contributed by atoms with Crippen molar-refractivity contribution in [3.63, 3.8) is 0 Å². The molecule has 1 amide bonds. The smallest absolute Gasteiger partial charge is 0.354 e. The van der Waals surface area contributed by atoms with Crippen molar-refractivity contribution >= 4 is 28.0 Å². The van der Waals surface area contributed by atoms with Crippen LogP contribution in [0, 0.1) is 6.92 Å². The molecule has 0 aliphatic rings. The molecule has 32 heavy (non-hydrogen) atoms. The van der Waals surface area contributed by atoms with Crippen molar-refractivity contribution in [3.05, 3.63) is 87.0 Å². The van der Waals surface area contributed by atoms with Gasteiger partial charge >= 0.3 is 5.63 Å². The molecule has 4 aromatic rings. The highest BCUT2D eigenvalue weighted by Gasteiger charge is 2.26. The summed E-state index contributed by atoms with van der Waals surface area (Å²) in [6, 6.07) is 18.3. The highest BCUT2D eigenvalue weighted by atomic mass is 32.2. The number of amides is 1. The van der Waals surface area contributed by atoms with Crippen molar-refractivity contribution in [1.29, 1.82) is 0 Å².